The minimum Gasteiger partial charge on any atom is -0.444 e. The fourth-order valence-electron chi connectivity index (χ4n) is 3.75. The van der Waals surface area contributed by atoms with Gasteiger partial charge in [-0.25, -0.2) is 4.79 Å². The predicted octanol–water partition coefficient (Wildman–Crippen LogP) is 4.52. The number of hydrogen-bond acceptors (Lipinski definition) is 3. The summed E-state index contributed by atoms with van der Waals surface area (Å²) in [5, 5.41) is 3.75. The fourth-order valence-corrected chi connectivity index (χ4v) is 3.75. The van der Waals surface area contributed by atoms with Crippen LogP contribution in [0.5, 0.6) is 0 Å². The average Bonchev–Trinajstić information content (AvgIpc) is 3.28. The Morgan fingerprint density at radius 3 is 2.60 bits per heavy atom. The van der Waals surface area contributed by atoms with E-state index in [2.05, 4.69) is 35.6 Å². The molecule has 25 heavy (non-hydrogen) atoms. The predicted molar refractivity (Wildman–Crippen MR) is 100 cm³/mol. The highest BCUT2D eigenvalue weighted by Gasteiger charge is 2.34. The first-order chi connectivity index (χ1) is 11.9. The molecule has 0 radical (unpaired) electrons. The lowest BCUT2D eigenvalue weighted by Gasteiger charge is -2.29. The van der Waals surface area contributed by atoms with E-state index in [1.54, 1.807) is 0 Å². The molecule has 1 heterocycles. The van der Waals surface area contributed by atoms with Crippen molar-refractivity contribution in [3.8, 4) is 0 Å². The summed E-state index contributed by atoms with van der Waals surface area (Å²) in [5.74, 6) is 0.771. The molecule has 1 aromatic rings. The van der Waals surface area contributed by atoms with E-state index in [-0.39, 0.29) is 6.09 Å². The lowest BCUT2D eigenvalue weighted by molar-refractivity contribution is 0.0220. The lowest BCUT2D eigenvalue weighted by Crippen LogP contribution is -2.41. The van der Waals surface area contributed by atoms with Crippen molar-refractivity contribution in [3.63, 3.8) is 0 Å². The fraction of sp³-hybridized carbons (Fsp3) is 0.667. The summed E-state index contributed by atoms with van der Waals surface area (Å²) in [4.78, 5) is 14.3. The molecule has 2 aliphatic rings. The highest BCUT2D eigenvalue weighted by molar-refractivity contribution is 5.68. The first kappa shape index (κ1) is 18.2. The van der Waals surface area contributed by atoms with E-state index in [4.69, 9.17) is 4.74 Å². The van der Waals surface area contributed by atoms with E-state index in [0.717, 1.165) is 38.3 Å². The van der Waals surface area contributed by atoms with Gasteiger partial charge in [-0.1, -0.05) is 30.3 Å². The van der Waals surface area contributed by atoms with E-state index in [9.17, 15) is 4.79 Å². The smallest absolute Gasteiger partial charge is 0.410 e. The summed E-state index contributed by atoms with van der Waals surface area (Å²) in [6, 6.07) is 11.5. The van der Waals surface area contributed by atoms with Gasteiger partial charge in [0.2, 0.25) is 0 Å². The highest BCUT2D eigenvalue weighted by atomic mass is 16.6. The molecule has 3 rings (SSSR count). The number of nitrogens with zero attached hydrogens (tertiary/aromatic N) is 1. The molecule has 1 saturated carbocycles. The van der Waals surface area contributed by atoms with Crippen molar-refractivity contribution in [3.05, 3.63) is 35.9 Å². The van der Waals surface area contributed by atoms with Crippen LogP contribution in [0.4, 0.5) is 4.79 Å². The summed E-state index contributed by atoms with van der Waals surface area (Å²) < 4.78 is 5.56. The Morgan fingerprint density at radius 1 is 1.24 bits per heavy atom. The number of benzene rings is 1. The van der Waals surface area contributed by atoms with E-state index >= 15 is 0 Å². The van der Waals surface area contributed by atoms with Crippen LogP contribution >= 0.6 is 0 Å². The molecule has 4 nitrogen and oxygen atoms in total. The van der Waals surface area contributed by atoms with Gasteiger partial charge in [-0.05, 0) is 70.9 Å². The van der Waals surface area contributed by atoms with Gasteiger partial charge < -0.3 is 15.0 Å². The molecule has 1 aliphatic heterocycles. The second kappa shape index (κ2) is 7.77. The summed E-state index contributed by atoms with van der Waals surface area (Å²) in [5.41, 5.74) is 0.966. The SMILES string of the molecule is CC(C)(C)OC(=O)N1CCCC1CCNC(c1ccccc1)C1CC1. The molecule has 0 aromatic heterocycles. The number of amides is 1. The Morgan fingerprint density at radius 2 is 1.96 bits per heavy atom. The quantitative estimate of drug-likeness (QED) is 0.825. The van der Waals surface area contributed by atoms with Crippen molar-refractivity contribution in [1.29, 1.82) is 0 Å². The number of hydrogen-bond donors (Lipinski definition) is 1. The zero-order valence-electron chi connectivity index (χ0n) is 15.8. The van der Waals surface area contributed by atoms with Crippen LogP contribution in [0.2, 0.25) is 0 Å². The number of ether oxygens (including phenoxy) is 1. The molecule has 138 valence electrons. The molecule has 1 amide bonds. The van der Waals surface area contributed by atoms with Crippen molar-refractivity contribution in [1.82, 2.24) is 10.2 Å². The Balaban J connectivity index is 1.51. The Bertz CT molecular complexity index is 563. The van der Waals surface area contributed by atoms with E-state index in [1.165, 1.54) is 18.4 Å². The molecular formula is C21H32N2O2. The molecule has 1 aliphatic carbocycles. The standard InChI is InChI=1S/C21H32N2O2/c1-21(2,3)25-20(24)23-15-7-10-18(23)13-14-22-19(17-11-12-17)16-8-5-4-6-9-16/h4-6,8-9,17-19,22H,7,10-15H2,1-3H3. The van der Waals surface area contributed by atoms with E-state index < -0.39 is 5.60 Å². The Hall–Kier alpha value is -1.55. The van der Waals surface area contributed by atoms with E-state index in [1.807, 2.05) is 25.7 Å². The zero-order chi connectivity index (χ0) is 17.9. The van der Waals surface area contributed by atoms with Crippen LogP contribution in [0.3, 0.4) is 0 Å². The molecule has 1 aromatic carbocycles. The normalized spacial score (nSPS) is 22.0. The summed E-state index contributed by atoms with van der Waals surface area (Å²) in [6.45, 7) is 7.55. The maximum atomic E-state index is 12.4. The number of carbonyl (C=O) groups is 1. The molecule has 0 spiro atoms. The molecule has 0 bridgehead atoms. The minimum atomic E-state index is -0.424. The van der Waals surface area contributed by atoms with Crippen LogP contribution in [-0.2, 0) is 4.74 Å². The third-order valence-electron chi connectivity index (χ3n) is 5.10. The summed E-state index contributed by atoms with van der Waals surface area (Å²) in [7, 11) is 0. The molecule has 1 N–H and O–H groups in total. The zero-order valence-corrected chi connectivity index (χ0v) is 15.8. The highest BCUT2D eigenvalue weighted by Crippen LogP contribution is 2.41. The third kappa shape index (κ3) is 5.21. The van der Waals surface area contributed by atoms with Crippen LogP contribution in [0.15, 0.2) is 30.3 Å². The summed E-state index contributed by atoms with van der Waals surface area (Å²) in [6.07, 6.45) is 5.64. The first-order valence-corrected chi connectivity index (χ1v) is 9.72. The van der Waals surface area contributed by atoms with Gasteiger partial charge in [0, 0.05) is 18.6 Å². The van der Waals surface area contributed by atoms with Gasteiger partial charge in [0.15, 0.2) is 0 Å². The largest absolute Gasteiger partial charge is 0.444 e. The second-order valence-corrected chi connectivity index (χ2v) is 8.44. The molecule has 2 fully saturated rings. The number of nitrogens with one attached hydrogen (secondary N) is 1. The summed E-state index contributed by atoms with van der Waals surface area (Å²) >= 11 is 0. The van der Waals surface area contributed by atoms with Crippen molar-refractivity contribution >= 4 is 6.09 Å². The molecule has 1 saturated heterocycles. The van der Waals surface area contributed by atoms with E-state index in [0.29, 0.717) is 12.1 Å². The van der Waals surface area contributed by atoms with Crippen LogP contribution in [0.25, 0.3) is 0 Å². The molecule has 4 heteroatoms. The van der Waals surface area contributed by atoms with Gasteiger partial charge in [-0.3, -0.25) is 0 Å². The van der Waals surface area contributed by atoms with Crippen LogP contribution in [0.1, 0.15) is 64.5 Å². The third-order valence-corrected chi connectivity index (χ3v) is 5.10. The van der Waals surface area contributed by atoms with Crippen molar-refractivity contribution in [2.45, 2.75) is 70.6 Å². The Kier molecular flexibility index (Phi) is 5.67. The van der Waals surface area contributed by atoms with Crippen molar-refractivity contribution < 1.29 is 9.53 Å². The Labute approximate surface area is 151 Å². The van der Waals surface area contributed by atoms with Crippen LogP contribution < -0.4 is 5.32 Å². The molecular weight excluding hydrogens is 312 g/mol. The lowest BCUT2D eigenvalue weighted by atomic mass is 10.0. The average molecular weight is 344 g/mol. The van der Waals surface area contributed by atoms with Gasteiger partial charge in [0.05, 0.1) is 0 Å². The van der Waals surface area contributed by atoms with Crippen molar-refractivity contribution in [2.75, 3.05) is 13.1 Å². The van der Waals surface area contributed by atoms with Crippen LogP contribution in [0, 0.1) is 5.92 Å². The monoisotopic (exact) mass is 344 g/mol. The number of carbonyl (C=O) groups excluding carboxylic acids is 1. The number of likely N-dealkylation sites (tertiary alicyclic amines) is 1. The van der Waals surface area contributed by atoms with Gasteiger partial charge in [0.25, 0.3) is 0 Å². The van der Waals surface area contributed by atoms with Gasteiger partial charge in [-0.15, -0.1) is 0 Å². The topological polar surface area (TPSA) is 41.6 Å². The maximum absolute atomic E-state index is 12.4. The van der Waals surface area contributed by atoms with Gasteiger partial charge in [-0.2, -0.15) is 0 Å². The number of rotatable bonds is 6. The maximum Gasteiger partial charge on any atom is 0.410 e. The van der Waals surface area contributed by atoms with Crippen LogP contribution in [-0.4, -0.2) is 35.7 Å². The first-order valence-electron chi connectivity index (χ1n) is 9.72. The van der Waals surface area contributed by atoms with Gasteiger partial charge >= 0.3 is 6.09 Å². The molecule has 2 unspecified atom stereocenters. The molecule has 2 atom stereocenters. The van der Waals surface area contributed by atoms with Gasteiger partial charge in [0.1, 0.15) is 5.60 Å². The van der Waals surface area contributed by atoms with Crippen molar-refractivity contribution in [2.24, 2.45) is 5.92 Å². The second-order valence-electron chi connectivity index (χ2n) is 8.44. The minimum absolute atomic E-state index is 0.156.